The van der Waals surface area contributed by atoms with Gasteiger partial charge in [-0.2, -0.15) is 0 Å². The van der Waals surface area contributed by atoms with Gasteiger partial charge in [0.1, 0.15) is 5.82 Å². The molecule has 2 heterocycles. The predicted octanol–water partition coefficient (Wildman–Crippen LogP) is 2.39. The molecule has 1 N–H and O–H groups in total. The largest absolute Gasteiger partial charge is 0.372 e. The summed E-state index contributed by atoms with van der Waals surface area (Å²) in [5.74, 6) is 0.685. The van der Waals surface area contributed by atoms with Crippen molar-refractivity contribution in [3.63, 3.8) is 0 Å². The molecule has 0 spiro atoms. The number of nitrogens with one attached hydrogen (secondary N) is 1. The first-order valence-corrected chi connectivity index (χ1v) is 7.92. The van der Waals surface area contributed by atoms with E-state index in [1.807, 2.05) is 11.0 Å². The van der Waals surface area contributed by atoms with Crippen molar-refractivity contribution in [3.05, 3.63) is 53.7 Å². The molecule has 0 saturated carbocycles. The SMILES string of the molecule is CNc1ncccc1C(=O)N1CCN(c2cccc(C)c2)CC1. The van der Waals surface area contributed by atoms with Gasteiger partial charge in [-0.3, -0.25) is 4.79 Å². The number of hydrogen-bond donors (Lipinski definition) is 1. The van der Waals surface area contributed by atoms with Crippen LogP contribution in [0.15, 0.2) is 42.6 Å². The maximum absolute atomic E-state index is 12.7. The first-order chi connectivity index (χ1) is 11.2. The number of pyridine rings is 1. The van der Waals surface area contributed by atoms with Crippen molar-refractivity contribution < 1.29 is 4.79 Å². The highest BCUT2D eigenvalue weighted by Crippen LogP contribution is 2.20. The lowest BCUT2D eigenvalue weighted by molar-refractivity contribution is 0.0747. The molecule has 1 fully saturated rings. The van der Waals surface area contributed by atoms with Crippen molar-refractivity contribution in [1.82, 2.24) is 9.88 Å². The molecule has 0 radical (unpaired) electrons. The van der Waals surface area contributed by atoms with E-state index in [0.717, 1.165) is 26.2 Å². The Kier molecular flexibility index (Phi) is 4.46. The van der Waals surface area contributed by atoms with E-state index in [2.05, 4.69) is 46.4 Å². The lowest BCUT2D eigenvalue weighted by Gasteiger charge is -2.36. The van der Waals surface area contributed by atoms with Crippen LogP contribution >= 0.6 is 0 Å². The minimum atomic E-state index is 0.0475. The number of carbonyl (C=O) groups excluding carboxylic acids is 1. The molecule has 5 nitrogen and oxygen atoms in total. The molecule has 0 atom stereocenters. The molecule has 23 heavy (non-hydrogen) atoms. The molecule has 2 aromatic rings. The molecule has 1 aromatic carbocycles. The van der Waals surface area contributed by atoms with Crippen LogP contribution in [0.1, 0.15) is 15.9 Å². The van der Waals surface area contributed by atoms with Crippen molar-refractivity contribution in [1.29, 1.82) is 0 Å². The van der Waals surface area contributed by atoms with E-state index in [1.54, 1.807) is 19.3 Å². The molecule has 0 aliphatic carbocycles. The number of carbonyl (C=O) groups is 1. The summed E-state index contributed by atoms with van der Waals surface area (Å²) in [6, 6.07) is 12.1. The van der Waals surface area contributed by atoms with Crippen LogP contribution in [0.25, 0.3) is 0 Å². The van der Waals surface area contributed by atoms with Crippen LogP contribution in [0, 0.1) is 6.92 Å². The number of nitrogens with zero attached hydrogens (tertiary/aromatic N) is 3. The summed E-state index contributed by atoms with van der Waals surface area (Å²) in [6.07, 6.45) is 1.69. The normalized spacial score (nSPS) is 14.7. The Morgan fingerprint density at radius 3 is 2.61 bits per heavy atom. The van der Waals surface area contributed by atoms with Crippen LogP contribution in [-0.2, 0) is 0 Å². The number of amides is 1. The molecule has 120 valence electrons. The van der Waals surface area contributed by atoms with Crippen LogP contribution in [0.4, 0.5) is 11.5 Å². The highest BCUT2D eigenvalue weighted by molar-refractivity contribution is 5.98. The zero-order valence-corrected chi connectivity index (χ0v) is 13.6. The van der Waals surface area contributed by atoms with Gasteiger partial charge in [-0.15, -0.1) is 0 Å². The van der Waals surface area contributed by atoms with E-state index >= 15 is 0 Å². The van der Waals surface area contributed by atoms with Gasteiger partial charge >= 0.3 is 0 Å². The Morgan fingerprint density at radius 1 is 1.13 bits per heavy atom. The summed E-state index contributed by atoms with van der Waals surface area (Å²) in [5, 5.41) is 2.99. The lowest BCUT2D eigenvalue weighted by Crippen LogP contribution is -2.49. The fourth-order valence-electron chi connectivity index (χ4n) is 2.94. The van der Waals surface area contributed by atoms with Crippen molar-refractivity contribution in [3.8, 4) is 0 Å². The van der Waals surface area contributed by atoms with Crippen LogP contribution in [0.2, 0.25) is 0 Å². The zero-order valence-electron chi connectivity index (χ0n) is 13.6. The van der Waals surface area contributed by atoms with Gasteiger partial charge in [-0.25, -0.2) is 4.98 Å². The third kappa shape index (κ3) is 3.28. The Morgan fingerprint density at radius 2 is 1.91 bits per heavy atom. The number of hydrogen-bond acceptors (Lipinski definition) is 4. The minimum Gasteiger partial charge on any atom is -0.372 e. The standard InChI is InChI=1S/C18H22N4O/c1-14-5-3-6-15(13-14)21-9-11-22(12-10-21)18(23)16-7-4-8-20-17(16)19-2/h3-8,13H,9-12H2,1-2H3,(H,19,20). The van der Waals surface area contributed by atoms with Gasteiger partial charge in [0.05, 0.1) is 5.56 Å². The van der Waals surface area contributed by atoms with Crippen molar-refractivity contribution in [2.75, 3.05) is 43.4 Å². The fraction of sp³-hybridized carbons (Fsp3) is 0.333. The van der Waals surface area contributed by atoms with Crippen molar-refractivity contribution >= 4 is 17.4 Å². The van der Waals surface area contributed by atoms with Gasteiger partial charge in [0, 0.05) is 45.1 Å². The average Bonchev–Trinajstić information content (AvgIpc) is 2.61. The van der Waals surface area contributed by atoms with Crippen LogP contribution in [0.5, 0.6) is 0 Å². The highest BCUT2D eigenvalue weighted by atomic mass is 16.2. The molecule has 1 aliphatic heterocycles. The summed E-state index contributed by atoms with van der Waals surface area (Å²) in [4.78, 5) is 21.2. The molecule has 1 amide bonds. The second kappa shape index (κ2) is 6.69. The maximum Gasteiger partial charge on any atom is 0.257 e. The van der Waals surface area contributed by atoms with Gasteiger partial charge in [0.15, 0.2) is 0 Å². The summed E-state index contributed by atoms with van der Waals surface area (Å²) in [5.41, 5.74) is 3.13. The molecular weight excluding hydrogens is 288 g/mol. The quantitative estimate of drug-likeness (QED) is 0.946. The topological polar surface area (TPSA) is 48.5 Å². The third-order valence-corrected chi connectivity index (χ3v) is 4.21. The Balaban J connectivity index is 1.68. The van der Waals surface area contributed by atoms with Gasteiger partial charge < -0.3 is 15.1 Å². The van der Waals surface area contributed by atoms with E-state index < -0.39 is 0 Å². The predicted molar refractivity (Wildman–Crippen MR) is 93.1 cm³/mol. The summed E-state index contributed by atoms with van der Waals surface area (Å²) >= 11 is 0. The smallest absolute Gasteiger partial charge is 0.257 e. The number of anilines is 2. The zero-order chi connectivity index (χ0) is 16.2. The Bertz CT molecular complexity index is 693. The van der Waals surface area contributed by atoms with Crippen molar-refractivity contribution in [2.45, 2.75) is 6.92 Å². The van der Waals surface area contributed by atoms with Gasteiger partial charge in [0.2, 0.25) is 0 Å². The summed E-state index contributed by atoms with van der Waals surface area (Å²) in [7, 11) is 1.79. The molecule has 3 rings (SSSR count). The van der Waals surface area contributed by atoms with Gasteiger partial charge in [-0.1, -0.05) is 12.1 Å². The molecule has 1 aromatic heterocycles. The van der Waals surface area contributed by atoms with E-state index in [9.17, 15) is 4.79 Å². The van der Waals surface area contributed by atoms with Gasteiger partial charge in [-0.05, 0) is 36.8 Å². The van der Waals surface area contributed by atoms with E-state index in [4.69, 9.17) is 0 Å². The Labute approximate surface area is 136 Å². The average molecular weight is 310 g/mol. The second-order valence-electron chi connectivity index (χ2n) is 5.77. The Hall–Kier alpha value is -2.56. The fourth-order valence-corrected chi connectivity index (χ4v) is 2.94. The number of rotatable bonds is 3. The monoisotopic (exact) mass is 310 g/mol. The first kappa shape index (κ1) is 15.3. The summed E-state index contributed by atoms with van der Waals surface area (Å²) < 4.78 is 0. The summed E-state index contributed by atoms with van der Waals surface area (Å²) in [6.45, 7) is 5.26. The van der Waals surface area contributed by atoms with E-state index in [-0.39, 0.29) is 5.91 Å². The first-order valence-electron chi connectivity index (χ1n) is 7.92. The molecule has 5 heteroatoms. The number of benzene rings is 1. The van der Waals surface area contributed by atoms with E-state index in [0.29, 0.717) is 11.4 Å². The van der Waals surface area contributed by atoms with E-state index in [1.165, 1.54) is 11.3 Å². The second-order valence-corrected chi connectivity index (χ2v) is 5.77. The number of piperazine rings is 1. The van der Waals surface area contributed by atoms with Gasteiger partial charge in [0.25, 0.3) is 5.91 Å². The molecule has 1 aliphatic rings. The third-order valence-electron chi connectivity index (χ3n) is 4.21. The highest BCUT2D eigenvalue weighted by Gasteiger charge is 2.24. The lowest BCUT2D eigenvalue weighted by atomic mass is 10.1. The van der Waals surface area contributed by atoms with Crippen LogP contribution in [0.3, 0.4) is 0 Å². The number of aromatic nitrogens is 1. The molecule has 0 bridgehead atoms. The molecule has 1 saturated heterocycles. The molecular formula is C18H22N4O. The van der Waals surface area contributed by atoms with Crippen LogP contribution < -0.4 is 10.2 Å². The number of aryl methyl sites for hydroxylation is 1. The maximum atomic E-state index is 12.7. The minimum absolute atomic E-state index is 0.0475. The molecule has 0 unspecified atom stereocenters. The van der Waals surface area contributed by atoms with Crippen molar-refractivity contribution in [2.24, 2.45) is 0 Å². The van der Waals surface area contributed by atoms with Crippen LogP contribution in [-0.4, -0.2) is 49.0 Å².